The maximum absolute atomic E-state index is 11.5. The Balaban J connectivity index is 2.52. The van der Waals surface area contributed by atoms with Crippen LogP contribution < -0.4 is 4.72 Å². The number of nitrogens with zero attached hydrogens (tertiary/aromatic N) is 1. The smallest absolute Gasteiger partial charge is 0.293 e. The first-order valence-corrected chi connectivity index (χ1v) is 7.95. The summed E-state index contributed by atoms with van der Waals surface area (Å²) < 4.78 is 29.7. The van der Waals surface area contributed by atoms with Gasteiger partial charge in [-0.1, -0.05) is 0 Å². The first kappa shape index (κ1) is 13.4. The van der Waals surface area contributed by atoms with Gasteiger partial charge in [0.2, 0.25) is 0 Å². The van der Waals surface area contributed by atoms with Crippen molar-refractivity contribution in [3.8, 4) is 0 Å². The summed E-state index contributed by atoms with van der Waals surface area (Å²) in [6, 6.07) is 1.84. The quantitative estimate of drug-likeness (QED) is 0.888. The predicted molar refractivity (Wildman–Crippen MR) is 74.9 cm³/mol. The minimum absolute atomic E-state index is 0.0640. The van der Waals surface area contributed by atoms with Crippen LogP contribution in [0.25, 0.3) is 5.70 Å². The van der Waals surface area contributed by atoms with E-state index in [1.54, 1.807) is 0 Å². The van der Waals surface area contributed by atoms with Crippen LogP contribution in [0.1, 0.15) is 17.4 Å². The number of hydrogen-bond donors (Lipinski definition) is 1. The molecule has 0 bridgehead atoms. The molecule has 8 heteroatoms. The van der Waals surface area contributed by atoms with Crippen LogP contribution in [0.5, 0.6) is 0 Å². The number of nitrogens with one attached hydrogen (secondary N) is 1. The highest BCUT2D eigenvalue weighted by molar-refractivity contribution is 9.11. The van der Waals surface area contributed by atoms with Crippen molar-refractivity contribution in [2.45, 2.75) is 13.8 Å². The zero-order valence-corrected chi connectivity index (χ0v) is 12.7. The van der Waals surface area contributed by atoms with Gasteiger partial charge >= 0.3 is 10.2 Å². The third kappa shape index (κ3) is 2.70. The topological polar surface area (TPSA) is 75.6 Å². The van der Waals surface area contributed by atoms with Crippen LogP contribution in [0.15, 0.2) is 20.3 Å². The lowest BCUT2D eigenvalue weighted by atomic mass is 10.2. The van der Waals surface area contributed by atoms with E-state index in [0.29, 0.717) is 5.70 Å². The Morgan fingerprint density at radius 1 is 1.50 bits per heavy atom. The van der Waals surface area contributed by atoms with Crippen molar-refractivity contribution in [2.24, 2.45) is 4.40 Å². The Kier molecular flexibility index (Phi) is 3.43. The van der Waals surface area contributed by atoms with Crippen molar-refractivity contribution in [2.75, 3.05) is 0 Å². The van der Waals surface area contributed by atoms with Crippen LogP contribution in [-0.2, 0) is 15.0 Å². The highest BCUT2D eigenvalue weighted by Crippen LogP contribution is 2.32. The van der Waals surface area contributed by atoms with Crippen molar-refractivity contribution in [3.05, 3.63) is 26.4 Å². The summed E-state index contributed by atoms with van der Waals surface area (Å²) >= 11 is 4.76. The zero-order chi connectivity index (χ0) is 13.5. The number of carbonyl (C=O) groups is 1. The largest absolute Gasteiger partial charge is 0.342 e. The van der Waals surface area contributed by atoms with Crippen molar-refractivity contribution < 1.29 is 13.2 Å². The summed E-state index contributed by atoms with van der Waals surface area (Å²) in [5, 5.41) is 0. The molecule has 96 valence electrons. The monoisotopic (exact) mass is 348 g/mol. The van der Waals surface area contributed by atoms with Gasteiger partial charge in [-0.05, 0) is 40.6 Å². The third-order valence-corrected chi connectivity index (χ3v) is 5.31. The van der Waals surface area contributed by atoms with E-state index >= 15 is 0 Å². The Labute approximate surface area is 117 Å². The number of aryl methyl sites for hydroxylation is 1. The average molecular weight is 349 g/mol. The van der Waals surface area contributed by atoms with Gasteiger partial charge in [-0.15, -0.1) is 15.7 Å². The second kappa shape index (κ2) is 4.60. The van der Waals surface area contributed by atoms with Crippen LogP contribution in [0.4, 0.5) is 0 Å². The first-order chi connectivity index (χ1) is 8.28. The number of allylic oxidation sites excluding steroid dienone is 1. The molecule has 1 aromatic heterocycles. The third-order valence-electron chi connectivity index (χ3n) is 2.22. The number of rotatable bonds is 2. The average Bonchev–Trinajstić information content (AvgIpc) is 2.57. The van der Waals surface area contributed by atoms with Crippen molar-refractivity contribution >= 4 is 54.7 Å². The van der Waals surface area contributed by atoms with Crippen molar-refractivity contribution in [3.63, 3.8) is 0 Å². The molecule has 2 rings (SSSR count). The summed E-state index contributed by atoms with van der Waals surface area (Å²) in [5.74, 6) is -0.384. The Morgan fingerprint density at radius 2 is 2.17 bits per heavy atom. The molecule has 1 N–H and O–H groups in total. The molecule has 0 radical (unpaired) electrons. The SMILES string of the molecule is CC(=O)C1=NS(=O)(=O)NC(c2cc(C)c(Br)s2)=C1. The molecule has 0 unspecified atom stereocenters. The molecule has 1 aromatic rings. The highest BCUT2D eigenvalue weighted by Gasteiger charge is 2.22. The fourth-order valence-corrected chi connectivity index (χ4v) is 3.87. The molecule has 0 fully saturated rings. The van der Waals surface area contributed by atoms with Crippen LogP contribution in [0, 0.1) is 6.92 Å². The molecule has 0 saturated heterocycles. The van der Waals surface area contributed by atoms with Gasteiger partial charge in [0.1, 0.15) is 5.71 Å². The van der Waals surface area contributed by atoms with E-state index < -0.39 is 10.2 Å². The molecule has 0 spiro atoms. The highest BCUT2D eigenvalue weighted by atomic mass is 79.9. The molecule has 1 aliphatic heterocycles. The first-order valence-electron chi connectivity index (χ1n) is 4.90. The van der Waals surface area contributed by atoms with E-state index in [1.165, 1.54) is 24.3 Å². The molecule has 2 heterocycles. The molecule has 0 aromatic carbocycles. The molecule has 0 aliphatic carbocycles. The summed E-state index contributed by atoms with van der Waals surface area (Å²) in [5.41, 5.74) is 1.31. The number of ketones is 1. The van der Waals surface area contributed by atoms with Crippen LogP contribution in [0.2, 0.25) is 0 Å². The van der Waals surface area contributed by atoms with E-state index in [2.05, 4.69) is 25.0 Å². The second-order valence-electron chi connectivity index (χ2n) is 3.74. The van der Waals surface area contributed by atoms with Gasteiger partial charge < -0.3 is 0 Å². The number of halogens is 1. The molecule has 18 heavy (non-hydrogen) atoms. The predicted octanol–water partition coefficient (Wildman–Crippen LogP) is 2.04. The van der Waals surface area contributed by atoms with E-state index in [-0.39, 0.29) is 11.5 Å². The zero-order valence-electron chi connectivity index (χ0n) is 9.52. The maximum Gasteiger partial charge on any atom is 0.342 e. The lowest BCUT2D eigenvalue weighted by Crippen LogP contribution is -2.27. The van der Waals surface area contributed by atoms with Gasteiger partial charge in [0.25, 0.3) is 0 Å². The number of carbonyl (C=O) groups excluding carboxylic acids is 1. The number of Topliss-reactive ketones (excluding diaryl/α,β-unsaturated/α-hetero) is 1. The van der Waals surface area contributed by atoms with Gasteiger partial charge in [-0.3, -0.25) is 9.52 Å². The lowest BCUT2D eigenvalue weighted by Gasteiger charge is -2.12. The van der Waals surface area contributed by atoms with Crippen LogP contribution in [-0.4, -0.2) is 19.9 Å². The fraction of sp³-hybridized carbons (Fsp3) is 0.200. The summed E-state index contributed by atoms with van der Waals surface area (Å²) in [6.45, 7) is 3.19. The Bertz CT molecular complexity index is 666. The number of hydrogen-bond acceptors (Lipinski definition) is 4. The van der Waals surface area contributed by atoms with E-state index in [1.807, 2.05) is 13.0 Å². The molecule has 5 nitrogen and oxygen atoms in total. The van der Waals surface area contributed by atoms with Crippen molar-refractivity contribution in [1.29, 1.82) is 0 Å². The van der Waals surface area contributed by atoms with Crippen molar-refractivity contribution in [1.82, 2.24) is 4.72 Å². The van der Waals surface area contributed by atoms with E-state index in [0.717, 1.165) is 14.2 Å². The van der Waals surface area contributed by atoms with Gasteiger partial charge in [-0.2, -0.15) is 8.42 Å². The summed E-state index contributed by atoms with van der Waals surface area (Å²) in [7, 11) is -3.84. The van der Waals surface area contributed by atoms with Gasteiger partial charge in [0, 0.05) is 6.92 Å². The van der Waals surface area contributed by atoms with Crippen LogP contribution >= 0.6 is 27.3 Å². The fourth-order valence-electron chi connectivity index (χ4n) is 1.36. The minimum atomic E-state index is -3.84. The molecule has 0 amide bonds. The molecule has 0 saturated carbocycles. The van der Waals surface area contributed by atoms with Gasteiger partial charge in [0.05, 0.1) is 14.4 Å². The second-order valence-corrected chi connectivity index (χ2v) is 7.44. The molecule has 0 atom stereocenters. The number of thiophene rings is 1. The Morgan fingerprint density at radius 3 is 2.67 bits per heavy atom. The minimum Gasteiger partial charge on any atom is -0.293 e. The lowest BCUT2D eigenvalue weighted by molar-refractivity contribution is -0.111. The van der Waals surface area contributed by atoms with E-state index in [9.17, 15) is 13.2 Å². The summed E-state index contributed by atoms with van der Waals surface area (Å²) in [4.78, 5) is 12.0. The normalized spacial score (nSPS) is 17.7. The van der Waals surface area contributed by atoms with Crippen LogP contribution in [0.3, 0.4) is 0 Å². The summed E-state index contributed by atoms with van der Waals surface area (Å²) in [6.07, 6.45) is 1.45. The maximum atomic E-state index is 11.5. The Hall–Kier alpha value is -0.990. The van der Waals surface area contributed by atoms with E-state index in [4.69, 9.17) is 0 Å². The van der Waals surface area contributed by atoms with Gasteiger partial charge in [0.15, 0.2) is 5.78 Å². The molecule has 1 aliphatic rings. The molecular weight excluding hydrogens is 340 g/mol. The van der Waals surface area contributed by atoms with Gasteiger partial charge in [-0.25, -0.2) is 0 Å². The standard InChI is InChI=1S/C10H9BrN2O3S2/c1-5-3-9(17-10(5)11)8-4-7(6(2)14)12-18(15,16)13-8/h3-4,13H,1-2H3. The molecular formula is C10H9BrN2O3S2.